The Morgan fingerprint density at radius 3 is 2.73 bits per heavy atom. The average molecular weight is 445 g/mol. The lowest BCUT2D eigenvalue weighted by molar-refractivity contribution is -0.119. The molecular formula is C27H29FN4O. The summed E-state index contributed by atoms with van der Waals surface area (Å²) in [5.74, 6) is 1.19. The molecule has 6 heteroatoms. The second-order valence-corrected chi connectivity index (χ2v) is 8.98. The molecule has 2 aliphatic rings. The van der Waals surface area contributed by atoms with Crippen LogP contribution in [0.2, 0.25) is 0 Å². The van der Waals surface area contributed by atoms with Gasteiger partial charge in [-0.3, -0.25) is 14.7 Å². The van der Waals surface area contributed by atoms with Crippen LogP contribution in [-0.2, 0) is 11.2 Å². The third-order valence-electron chi connectivity index (χ3n) is 6.75. The number of piperidine rings is 1. The number of benzene rings is 1. The molecular weight excluding hydrogens is 415 g/mol. The summed E-state index contributed by atoms with van der Waals surface area (Å²) in [5, 5.41) is 0. The number of hydrogen-bond donors (Lipinski definition) is 0. The van der Waals surface area contributed by atoms with E-state index in [9.17, 15) is 9.18 Å². The van der Waals surface area contributed by atoms with Crippen molar-refractivity contribution in [3.63, 3.8) is 0 Å². The lowest BCUT2D eigenvalue weighted by Crippen LogP contribution is -2.36. The van der Waals surface area contributed by atoms with Crippen molar-refractivity contribution in [2.45, 2.75) is 38.0 Å². The number of hydrogen-bond acceptors (Lipinski definition) is 4. The average Bonchev–Trinajstić information content (AvgIpc) is 3.33. The predicted molar refractivity (Wildman–Crippen MR) is 128 cm³/mol. The molecule has 2 saturated heterocycles. The van der Waals surface area contributed by atoms with Crippen LogP contribution in [0.15, 0.2) is 60.8 Å². The first-order valence-corrected chi connectivity index (χ1v) is 11.9. The molecule has 0 radical (unpaired) electrons. The van der Waals surface area contributed by atoms with Crippen molar-refractivity contribution in [1.29, 1.82) is 0 Å². The number of carbonyl (C=O) groups is 1. The zero-order chi connectivity index (χ0) is 22.6. The second-order valence-electron chi connectivity index (χ2n) is 8.98. The van der Waals surface area contributed by atoms with Gasteiger partial charge >= 0.3 is 0 Å². The monoisotopic (exact) mass is 444 g/mol. The first kappa shape index (κ1) is 21.7. The van der Waals surface area contributed by atoms with Crippen molar-refractivity contribution in [3.8, 4) is 11.3 Å². The molecule has 2 fully saturated rings. The maximum atomic E-state index is 13.3. The molecule has 5 rings (SSSR count). The van der Waals surface area contributed by atoms with Gasteiger partial charge in [-0.2, -0.15) is 0 Å². The summed E-state index contributed by atoms with van der Waals surface area (Å²) in [4.78, 5) is 26.2. The molecule has 1 unspecified atom stereocenters. The van der Waals surface area contributed by atoms with Crippen molar-refractivity contribution in [2.24, 2.45) is 0 Å². The summed E-state index contributed by atoms with van der Waals surface area (Å²) >= 11 is 0. The van der Waals surface area contributed by atoms with Crippen molar-refractivity contribution >= 4 is 11.7 Å². The highest BCUT2D eigenvalue weighted by molar-refractivity contribution is 5.93. The zero-order valence-electron chi connectivity index (χ0n) is 18.8. The van der Waals surface area contributed by atoms with Crippen molar-refractivity contribution in [3.05, 3.63) is 77.9 Å². The van der Waals surface area contributed by atoms with Gasteiger partial charge in [-0.1, -0.05) is 12.1 Å². The minimum Gasteiger partial charge on any atom is -0.302 e. The number of aromatic nitrogens is 2. The molecule has 4 heterocycles. The van der Waals surface area contributed by atoms with Gasteiger partial charge in [0.2, 0.25) is 5.91 Å². The smallest absolute Gasteiger partial charge is 0.228 e. The molecule has 5 nitrogen and oxygen atoms in total. The maximum absolute atomic E-state index is 13.3. The van der Waals surface area contributed by atoms with Gasteiger partial charge < -0.3 is 4.90 Å². The highest BCUT2D eigenvalue weighted by atomic mass is 19.1. The summed E-state index contributed by atoms with van der Waals surface area (Å²) in [6.07, 6.45) is 6.37. The predicted octanol–water partition coefficient (Wildman–Crippen LogP) is 4.83. The van der Waals surface area contributed by atoms with Crippen LogP contribution >= 0.6 is 0 Å². The second kappa shape index (κ2) is 9.79. The van der Waals surface area contributed by atoms with Crippen molar-refractivity contribution < 1.29 is 9.18 Å². The summed E-state index contributed by atoms with van der Waals surface area (Å²) < 4.78 is 13.3. The van der Waals surface area contributed by atoms with Crippen LogP contribution in [-0.4, -0.2) is 47.0 Å². The van der Waals surface area contributed by atoms with E-state index in [1.54, 1.807) is 18.3 Å². The van der Waals surface area contributed by atoms with Crippen molar-refractivity contribution in [1.82, 2.24) is 14.9 Å². The van der Waals surface area contributed by atoms with E-state index in [0.717, 1.165) is 80.2 Å². The lowest BCUT2D eigenvalue weighted by Gasteiger charge is -2.28. The highest BCUT2D eigenvalue weighted by Gasteiger charge is 2.26. The standard InChI is InChI=1S/C27H29FN4O/c28-23-11-9-20(10-12-23)24-6-3-7-25(30-24)22-14-18-31(19-22)17-13-21-5-4-15-29-27(21)32-16-2-1-8-26(32)33/h3-7,9-12,15,22H,1-2,8,13-14,16-19H2. The molecule has 1 atom stereocenters. The zero-order valence-corrected chi connectivity index (χ0v) is 18.8. The van der Waals surface area contributed by atoms with E-state index in [1.165, 1.54) is 12.1 Å². The molecule has 0 bridgehead atoms. The van der Waals surface area contributed by atoms with Gasteiger partial charge in [0.05, 0.1) is 5.69 Å². The molecule has 33 heavy (non-hydrogen) atoms. The summed E-state index contributed by atoms with van der Waals surface area (Å²) in [5.41, 5.74) is 4.06. The third-order valence-corrected chi connectivity index (χ3v) is 6.75. The van der Waals surface area contributed by atoms with Crippen LogP contribution < -0.4 is 4.90 Å². The van der Waals surface area contributed by atoms with E-state index in [4.69, 9.17) is 4.98 Å². The highest BCUT2D eigenvalue weighted by Crippen LogP contribution is 2.29. The van der Waals surface area contributed by atoms with Gasteiger partial charge in [0, 0.05) is 49.4 Å². The molecule has 3 aromatic rings. The molecule has 0 saturated carbocycles. The Morgan fingerprint density at radius 1 is 1.00 bits per heavy atom. The Kier molecular flexibility index (Phi) is 6.44. The van der Waals surface area contributed by atoms with Gasteiger partial charge in [0.1, 0.15) is 11.6 Å². The summed E-state index contributed by atoms with van der Waals surface area (Å²) in [6, 6.07) is 16.7. The molecule has 0 N–H and O–H groups in total. The van der Waals surface area contributed by atoms with Gasteiger partial charge in [-0.25, -0.2) is 9.37 Å². The van der Waals surface area contributed by atoms with Crippen LogP contribution in [0, 0.1) is 5.82 Å². The lowest BCUT2D eigenvalue weighted by atomic mass is 10.0. The Bertz CT molecular complexity index is 1120. The Morgan fingerprint density at radius 2 is 1.88 bits per heavy atom. The minimum atomic E-state index is -0.234. The minimum absolute atomic E-state index is 0.189. The van der Waals surface area contributed by atoms with Gasteiger partial charge in [-0.05, 0) is 80.3 Å². The number of nitrogens with zero attached hydrogens (tertiary/aromatic N) is 4. The van der Waals surface area contributed by atoms with E-state index >= 15 is 0 Å². The molecule has 2 aliphatic heterocycles. The molecule has 0 spiro atoms. The Labute approximate surface area is 194 Å². The van der Waals surface area contributed by atoms with E-state index in [-0.39, 0.29) is 11.7 Å². The topological polar surface area (TPSA) is 49.3 Å². The van der Waals surface area contributed by atoms with Crippen LogP contribution in [0.3, 0.4) is 0 Å². The Balaban J connectivity index is 1.23. The normalized spacial score (nSPS) is 19.2. The van der Waals surface area contributed by atoms with E-state index in [2.05, 4.69) is 22.0 Å². The third kappa shape index (κ3) is 4.96. The van der Waals surface area contributed by atoms with E-state index in [0.29, 0.717) is 12.3 Å². The largest absolute Gasteiger partial charge is 0.302 e. The number of anilines is 1. The molecule has 1 amide bonds. The van der Waals surface area contributed by atoms with Crippen LogP contribution in [0.4, 0.5) is 10.2 Å². The summed E-state index contributed by atoms with van der Waals surface area (Å²) in [6.45, 7) is 3.71. The fourth-order valence-electron chi connectivity index (χ4n) is 4.91. The molecule has 2 aromatic heterocycles. The number of pyridine rings is 2. The molecule has 1 aromatic carbocycles. The SMILES string of the molecule is O=C1CCCCN1c1ncccc1CCN1CCC(c2cccc(-c3ccc(F)cc3)n2)C1. The van der Waals surface area contributed by atoms with Gasteiger partial charge in [0.15, 0.2) is 0 Å². The maximum Gasteiger partial charge on any atom is 0.228 e. The number of amides is 1. The van der Waals surface area contributed by atoms with E-state index < -0.39 is 0 Å². The number of likely N-dealkylation sites (tertiary alicyclic amines) is 1. The van der Waals surface area contributed by atoms with Crippen molar-refractivity contribution in [2.75, 3.05) is 31.1 Å². The molecule has 0 aliphatic carbocycles. The van der Waals surface area contributed by atoms with Crippen LogP contribution in [0.5, 0.6) is 0 Å². The first-order chi connectivity index (χ1) is 16.2. The number of halogens is 1. The van der Waals surface area contributed by atoms with Gasteiger partial charge in [0.25, 0.3) is 0 Å². The quantitative estimate of drug-likeness (QED) is 0.546. The van der Waals surface area contributed by atoms with E-state index in [1.807, 2.05) is 23.1 Å². The Hall–Kier alpha value is -3.12. The first-order valence-electron chi connectivity index (χ1n) is 11.9. The molecule has 170 valence electrons. The fraction of sp³-hybridized carbons (Fsp3) is 0.370. The fourth-order valence-corrected chi connectivity index (χ4v) is 4.91. The van der Waals surface area contributed by atoms with Crippen LogP contribution in [0.25, 0.3) is 11.3 Å². The summed E-state index contributed by atoms with van der Waals surface area (Å²) in [7, 11) is 0. The number of rotatable bonds is 6. The van der Waals surface area contributed by atoms with Gasteiger partial charge in [-0.15, -0.1) is 0 Å². The number of carbonyl (C=O) groups excluding carboxylic acids is 1. The van der Waals surface area contributed by atoms with Crippen LogP contribution in [0.1, 0.15) is 42.9 Å².